The van der Waals surface area contributed by atoms with Crippen LogP contribution in [-0.2, 0) is 0 Å². The molecule has 0 aromatic carbocycles. The average molecular weight is 214 g/mol. The molecule has 14 heavy (non-hydrogen) atoms. The lowest BCUT2D eigenvalue weighted by Crippen LogP contribution is -2.42. The first-order valence-electron chi connectivity index (χ1n) is 5.85. The normalized spacial score (nSPS) is 34.9. The maximum absolute atomic E-state index is 3.52. The van der Waals surface area contributed by atoms with E-state index in [0.29, 0.717) is 5.41 Å². The van der Waals surface area contributed by atoms with Gasteiger partial charge in [0, 0.05) is 37.7 Å². The Labute approximate surface area is 91.8 Å². The largest absolute Gasteiger partial charge is 0.316 e. The van der Waals surface area contributed by atoms with Crippen molar-refractivity contribution in [1.82, 2.24) is 10.2 Å². The lowest BCUT2D eigenvalue weighted by Gasteiger charge is -2.36. The summed E-state index contributed by atoms with van der Waals surface area (Å²) >= 11 is 2.11. The zero-order valence-corrected chi connectivity index (χ0v) is 10.0. The minimum atomic E-state index is 0.599. The van der Waals surface area contributed by atoms with Crippen LogP contribution in [0.4, 0.5) is 0 Å². The summed E-state index contributed by atoms with van der Waals surface area (Å²) in [5, 5.41) is 3.52. The van der Waals surface area contributed by atoms with E-state index in [-0.39, 0.29) is 0 Å². The van der Waals surface area contributed by atoms with E-state index in [0.717, 1.165) is 0 Å². The van der Waals surface area contributed by atoms with Crippen LogP contribution < -0.4 is 5.32 Å². The van der Waals surface area contributed by atoms with Crippen LogP contribution in [-0.4, -0.2) is 49.1 Å². The highest BCUT2D eigenvalue weighted by molar-refractivity contribution is 7.99. The second-order valence-corrected chi connectivity index (χ2v) is 5.89. The quantitative estimate of drug-likeness (QED) is 0.765. The van der Waals surface area contributed by atoms with Crippen LogP contribution in [0.5, 0.6) is 0 Å². The Morgan fingerprint density at radius 2 is 2.14 bits per heavy atom. The molecular formula is C11H22N2S. The third-order valence-electron chi connectivity index (χ3n) is 3.74. The van der Waals surface area contributed by atoms with E-state index in [1.807, 2.05) is 0 Å². The van der Waals surface area contributed by atoms with Gasteiger partial charge in [0.1, 0.15) is 0 Å². The second kappa shape index (κ2) is 4.86. The van der Waals surface area contributed by atoms with Gasteiger partial charge in [-0.15, -0.1) is 0 Å². The van der Waals surface area contributed by atoms with Crippen LogP contribution in [0.2, 0.25) is 0 Å². The summed E-state index contributed by atoms with van der Waals surface area (Å²) in [5.74, 6) is 2.68. The molecule has 0 amide bonds. The minimum absolute atomic E-state index is 0.599. The molecule has 0 spiro atoms. The fourth-order valence-corrected chi connectivity index (χ4v) is 3.56. The monoisotopic (exact) mass is 214 g/mol. The predicted molar refractivity (Wildman–Crippen MR) is 64.0 cm³/mol. The molecule has 2 fully saturated rings. The number of hydrogen-bond acceptors (Lipinski definition) is 3. The van der Waals surface area contributed by atoms with Gasteiger partial charge in [0.2, 0.25) is 0 Å². The summed E-state index contributed by atoms with van der Waals surface area (Å²) < 4.78 is 0. The minimum Gasteiger partial charge on any atom is -0.316 e. The van der Waals surface area contributed by atoms with Gasteiger partial charge in [-0.3, -0.25) is 0 Å². The Balaban J connectivity index is 1.86. The molecule has 3 heteroatoms. The number of hydrogen-bond donors (Lipinski definition) is 1. The fourth-order valence-electron chi connectivity index (χ4n) is 2.58. The molecule has 2 nitrogen and oxygen atoms in total. The molecule has 0 aromatic rings. The van der Waals surface area contributed by atoms with E-state index in [4.69, 9.17) is 0 Å². The van der Waals surface area contributed by atoms with E-state index < -0.39 is 0 Å². The third-order valence-corrected chi connectivity index (χ3v) is 4.69. The number of nitrogens with one attached hydrogen (secondary N) is 1. The van der Waals surface area contributed by atoms with Gasteiger partial charge in [0.25, 0.3) is 0 Å². The highest BCUT2D eigenvalue weighted by atomic mass is 32.2. The SMILES string of the molecule is CCC1(CN2CCSCC2)CCNC1. The molecule has 1 unspecified atom stereocenters. The first kappa shape index (κ1) is 10.8. The van der Waals surface area contributed by atoms with E-state index in [9.17, 15) is 0 Å². The van der Waals surface area contributed by atoms with Crippen molar-refractivity contribution in [2.24, 2.45) is 5.41 Å². The highest BCUT2D eigenvalue weighted by Crippen LogP contribution is 2.31. The van der Waals surface area contributed by atoms with E-state index in [1.165, 1.54) is 57.1 Å². The molecule has 0 radical (unpaired) electrons. The Kier molecular flexibility index (Phi) is 3.74. The molecule has 2 heterocycles. The number of nitrogens with zero attached hydrogens (tertiary/aromatic N) is 1. The molecule has 82 valence electrons. The van der Waals surface area contributed by atoms with Gasteiger partial charge in [0.05, 0.1) is 0 Å². The molecule has 0 aromatic heterocycles. The summed E-state index contributed by atoms with van der Waals surface area (Å²) in [6, 6.07) is 0. The smallest absolute Gasteiger partial charge is 0.00729 e. The van der Waals surface area contributed by atoms with Gasteiger partial charge in [-0.2, -0.15) is 11.8 Å². The van der Waals surface area contributed by atoms with Crippen LogP contribution in [0.1, 0.15) is 19.8 Å². The van der Waals surface area contributed by atoms with Crippen LogP contribution in [0.3, 0.4) is 0 Å². The van der Waals surface area contributed by atoms with Crippen molar-refractivity contribution in [2.75, 3.05) is 44.2 Å². The van der Waals surface area contributed by atoms with Crippen LogP contribution in [0.25, 0.3) is 0 Å². The Morgan fingerprint density at radius 3 is 2.71 bits per heavy atom. The first-order chi connectivity index (χ1) is 6.85. The van der Waals surface area contributed by atoms with Crippen molar-refractivity contribution in [3.63, 3.8) is 0 Å². The van der Waals surface area contributed by atoms with Crippen molar-refractivity contribution < 1.29 is 0 Å². The maximum Gasteiger partial charge on any atom is 0.00729 e. The number of rotatable bonds is 3. The summed E-state index contributed by atoms with van der Waals surface area (Å²) in [4.78, 5) is 2.67. The topological polar surface area (TPSA) is 15.3 Å². The van der Waals surface area contributed by atoms with Crippen molar-refractivity contribution in [3.8, 4) is 0 Å². The van der Waals surface area contributed by atoms with Crippen molar-refractivity contribution in [1.29, 1.82) is 0 Å². The summed E-state index contributed by atoms with van der Waals surface area (Å²) in [6.07, 6.45) is 2.72. The lowest BCUT2D eigenvalue weighted by atomic mass is 9.83. The zero-order valence-electron chi connectivity index (χ0n) is 9.22. The molecule has 0 saturated carbocycles. The lowest BCUT2D eigenvalue weighted by molar-refractivity contribution is 0.170. The van der Waals surface area contributed by atoms with Gasteiger partial charge in [-0.25, -0.2) is 0 Å². The average Bonchev–Trinajstić information content (AvgIpc) is 2.69. The van der Waals surface area contributed by atoms with Crippen LogP contribution in [0.15, 0.2) is 0 Å². The molecule has 1 N–H and O–H groups in total. The van der Waals surface area contributed by atoms with Crippen LogP contribution in [0, 0.1) is 5.41 Å². The van der Waals surface area contributed by atoms with Gasteiger partial charge in [0.15, 0.2) is 0 Å². The van der Waals surface area contributed by atoms with Crippen LogP contribution >= 0.6 is 11.8 Å². The van der Waals surface area contributed by atoms with Gasteiger partial charge >= 0.3 is 0 Å². The third kappa shape index (κ3) is 2.44. The molecule has 2 aliphatic heterocycles. The maximum atomic E-state index is 3.52. The molecule has 2 saturated heterocycles. The molecule has 2 rings (SSSR count). The Bertz CT molecular complexity index is 172. The standard InChI is InChI=1S/C11H22N2S/c1-2-11(3-4-12-9-11)10-13-5-7-14-8-6-13/h12H,2-10H2,1H3. The first-order valence-corrected chi connectivity index (χ1v) is 7.01. The molecule has 0 bridgehead atoms. The van der Waals surface area contributed by atoms with Gasteiger partial charge in [-0.1, -0.05) is 6.92 Å². The predicted octanol–water partition coefficient (Wildman–Crippen LogP) is 1.42. The molecule has 2 aliphatic rings. The highest BCUT2D eigenvalue weighted by Gasteiger charge is 2.33. The summed E-state index contributed by atoms with van der Waals surface area (Å²) in [6.45, 7) is 8.78. The zero-order chi connectivity index (χ0) is 9.86. The van der Waals surface area contributed by atoms with E-state index in [2.05, 4.69) is 28.9 Å². The van der Waals surface area contributed by atoms with Gasteiger partial charge < -0.3 is 10.2 Å². The Hall–Kier alpha value is 0.270. The van der Waals surface area contributed by atoms with Crippen molar-refractivity contribution in [3.05, 3.63) is 0 Å². The second-order valence-electron chi connectivity index (χ2n) is 4.67. The molecular weight excluding hydrogens is 192 g/mol. The molecule has 1 atom stereocenters. The fraction of sp³-hybridized carbons (Fsp3) is 1.00. The Morgan fingerprint density at radius 1 is 1.36 bits per heavy atom. The molecule has 0 aliphatic carbocycles. The van der Waals surface area contributed by atoms with E-state index >= 15 is 0 Å². The van der Waals surface area contributed by atoms with Crippen molar-refractivity contribution >= 4 is 11.8 Å². The summed E-state index contributed by atoms with van der Waals surface area (Å²) in [7, 11) is 0. The van der Waals surface area contributed by atoms with E-state index in [1.54, 1.807) is 0 Å². The van der Waals surface area contributed by atoms with Gasteiger partial charge in [-0.05, 0) is 24.8 Å². The summed E-state index contributed by atoms with van der Waals surface area (Å²) in [5.41, 5.74) is 0.599. The number of thioether (sulfide) groups is 1. The van der Waals surface area contributed by atoms with Crippen molar-refractivity contribution in [2.45, 2.75) is 19.8 Å².